The second kappa shape index (κ2) is 5.07. The summed E-state index contributed by atoms with van der Waals surface area (Å²) >= 11 is 1.47. The standard InChI is InChI=1S/C13H11N3S.ClH/c14-6-9-2-4-13(17-9)12-3-1-8(7-16-12)10-5-11(10)15;/h1-4,7,10-11H,5,15H2;1H. The van der Waals surface area contributed by atoms with Crippen molar-refractivity contribution in [1.29, 1.82) is 5.26 Å². The molecule has 2 aromatic heterocycles. The minimum atomic E-state index is 0. The van der Waals surface area contributed by atoms with Gasteiger partial charge in [0.15, 0.2) is 0 Å². The van der Waals surface area contributed by atoms with Gasteiger partial charge in [0.2, 0.25) is 0 Å². The van der Waals surface area contributed by atoms with Crippen LogP contribution in [-0.2, 0) is 0 Å². The highest BCUT2D eigenvalue weighted by atomic mass is 35.5. The number of pyridine rings is 1. The van der Waals surface area contributed by atoms with E-state index in [9.17, 15) is 0 Å². The molecule has 18 heavy (non-hydrogen) atoms. The number of nitriles is 1. The van der Waals surface area contributed by atoms with Crippen LogP contribution in [0.15, 0.2) is 30.5 Å². The Bertz CT molecular complexity index is 585. The van der Waals surface area contributed by atoms with Gasteiger partial charge < -0.3 is 5.73 Å². The third kappa shape index (κ3) is 2.39. The van der Waals surface area contributed by atoms with Crippen molar-refractivity contribution in [2.24, 2.45) is 5.73 Å². The fourth-order valence-corrected chi connectivity index (χ4v) is 2.68. The minimum absolute atomic E-state index is 0. The summed E-state index contributed by atoms with van der Waals surface area (Å²) in [5.74, 6) is 0.495. The Kier molecular flexibility index (Phi) is 3.67. The normalized spacial score (nSPS) is 20.9. The molecular weight excluding hydrogens is 266 g/mol. The zero-order chi connectivity index (χ0) is 11.8. The third-order valence-corrected chi connectivity index (χ3v) is 4.04. The van der Waals surface area contributed by atoms with Crippen molar-refractivity contribution in [1.82, 2.24) is 4.98 Å². The Balaban J connectivity index is 0.00000120. The predicted molar refractivity (Wildman–Crippen MR) is 74.8 cm³/mol. The summed E-state index contributed by atoms with van der Waals surface area (Å²) in [6, 6.07) is 10.3. The molecule has 2 atom stereocenters. The molecule has 0 spiro atoms. The maximum absolute atomic E-state index is 8.78. The van der Waals surface area contributed by atoms with Crippen LogP contribution in [0.4, 0.5) is 0 Å². The molecule has 0 bridgehead atoms. The molecule has 0 aliphatic heterocycles. The van der Waals surface area contributed by atoms with Crippen LogP contribution < -0.4 is 5.73 Å². The van der Waals surface area contributed by atoms with E-state index in [1.54, 1.807) is 0 Å². The first kappa shape index (κ1) is 13.0. The van der Waals surface area contributed by atoms with Crippen LogP contribution in [0.25, 0.3) is 10.6 Å². The monoisotopic (exact) mass is 277 g/mol. The summed E-state index contributed by atoms with van der Waals surface area (Å²) in [5, 5.41) is 8.78. The molecule has 2 aromatic rings. The Morgan fingerprint density at radius 3 is 2.61 bits per heavy atom. The van der Waals surface area contributed by atoms with Gasteiger partial charge in [-0.15, -0.1) is 23.7 Å². The van der Waals surface area contributed by atoms with Crippen molar-refractivity contribution in [3.63, 3.8) is 0 Å². The maximum atomic E-state index is 8.78. The lowest BCUT2D eigenvalue weighted by atomic mass is 10.1. The molecule has 3 rings (SSSR count). The lowest BCUT2D eigenvalue weighted by molar-refractivity contribution is 0.981. The summed E-state index contributed by atoms with van der Waals surface area (Å²) in [4.78, 5) is 6.19. The van der Waals surface area contributed by atoms with Gasteiger partial charge in [0.1, 0.15) is 10.9 Å². The van der Waals surface area contributed by atoms with Crippen molar-refractivity contribution < 1.29 is 0 Å². The smallest absolute Gasteiger partial charge is 0.110 e. The van der Waals surface area contributed by atoms with Crippen molar-refractivity contribution in [2.75, 3.05) is 0 Å². The molecule has 2 unspecified atom stereocenters. The number of halogens is 1. The van der Waals surface area contributed by atoms with Gasteiger partial charge >= 0.3 is 0 Å². The number of thiophene rings is 1. The molecule has 0 amide bonds. The SMILES string of the molecule is Cl.N#Cc1ccc(-c2ccc(C3CC3N)cn2)s1. The predicted octanol–water partition coefficient (Wildman–Crippen LogP) is 2.92. The largest absolute Gasteiger partial charge is 0.327 e. The van der Waals surface area contributed by atoms with E-state index in [2.05, 4.69) is 17.1 Å². The van der Waals surface area contributed by atoms with Gasteiger partial charge in [-0.2, -0.15) is 5.26 Å². The number of nitrogens with two attached hydrogens (primary N) is 1. The van der Waals surface area contributed by atoms with Crippen molar-refractivity contribution in [3.05, 3.63) is 40.9 Å². The molecule has 3 nitrogen and oxygen atoms in total. The van der Waals surface area contributed by atoms with E-state index in [4.69, 9.17) is 11.0 Å². The quantitative estimate of drug-likeness (QED) is 0.918. The highest BCUT2D eigenvalue weighted by molar-refractivity contribution is 7.15. The first-order valence-corrected chi connectivity index (χ1v) is 6.31. The van der Waals surface area contributed by atoms with E-state index in [1.165, 1.54) is 16.9 Å². The molecule has 1 saturated carbocycles. The lowest BCUT2D eigenvalue weighted by Crippen LogP contribution is -2.01. The van der Waals surface area contributed by atoms with Crippen LogP contribution in [0.2, 0.25) is 0 Å². The average molecular weight is 278 g/mol. The zero-order valence-corrected chi connectivity index (χ0v) is 11.2. The van der Waals surface area contributed by atoms with Crippen LogP contribution >= 0.6 is 23.7 Å². The van der Waals surface area contributed by atoms with Crippen LogP contribution in [0.5, 0.6) is 0 Å². The van der Waals surface area contributed by atoms with E-state index in [0.717, 1.165) is 21.9 Å². The molecule has 92 valence electrons. The second-order valence-electron chi connectivity index (χ2n) is 4.26. The van der Waals surface area contributed by atoms with Gasteiger partial charge in [-0.25, -0.2) is 0 Å². The fraction of sp³-hybridized carbons (Fsp3) is 0.231. The number of aromatic nitrogens is 1. The second-order valence-corrected chi connectivity index (χ2v) is 5.34. The molecule has 1 aliphatic rings. The maximum Gasteiger partial charge on any atom is 0.110 e. The molecular formula is C13H12ClN3S. The lowest BCUT2D eigenvalue weighted by Gasteiger charge is -2.00. The Hall–Kier alpha value is -1.41. The highest BCUT2D eigenvalue weighted by Crippen LogP contribution is 2.39. The number of hydrogen-bond acceptors (Lipinski definition) is 4. The number of rotatable bonds is 2. The molecule has 2 N–H and O–H groups in total. The number of hydrogen-bond donors (Lipinski definition) is 1. The minimum Gasteiger partial charge on any atom is -0.327 e. The van der Waals surface area contributed by atoms with E-state index in [1.807, 2.05) is 24.4 Å². The van der Waals surface area contributed by atoms with Gasteiger partial charge in [0, 0.05) is 18.2 Å². The third-order valence-electron chi connectivity index (χ3n) is 3.02. The topological polar surface area (TPSA) is 62.7 Å². The van der Waals surface area contributed by atoms with E-state index in [-0.39, 0.29) is 12.4 Å². The molecule has 0 aromatic carbocycles. The Morgan fingerprint density at radius 2 is 2.11 bits per heavy atom. The van der Waals surface area contributed by atoms with Gasteiger partial charge in [-0.1, -0.05) is 6.07 Å². The van der Waals surface area contributed by atoms with E-state index in [0.29, 0.717) is 12.0 Å². The number of nitrogens with zero attached hydrogens (tertiary/aromatic N) is 2. The van der Waals surface area contributed by atoms with Crippen LogP contribution in [0.1, 0.15) is 22.8 Å². The summed E-state index contributed by atoms with van der Waals surface area (Å²) < 4.78 is 0. The van der Waals surface area contributed by atoms with Gasteiger partial charge in [-0.05, 0) is 30.2 Å². The Labute approximate surface area is 116 Å². The molecule has 0 saturated heterocycles. The molecule has 1 fully saturated rings. The fourth-order valence-electron chi connectivity index (χ4n) is 1.90. The first-order chi connectivity index (χ1) is 8.28. The van der Waals surface area contributed by atoms with Crippen LogP contribution in [0.3, 0.4) is 0 Å². The summed E-state index contributed by atoms with van der Waals surface area (Å²) in [6.07, 6.45) is 2.97. The van der Waals surface area contributed by atoms with Crippen molar-refractivity contribution >= 4 is 23.7 Å². The zero-order valence-electron chi connectivity index (χ0n) is 9.54. The van der Waals surface area contributed by atoms with Crippen molar-refractivity contribution in [2.45, 2.75) is 18.4 Å². The summed E-state index contributed by atoms with van der Waals surface area (Å²) in [7, 11) is 0. The molecule has 1 aliphatic carbocycles. The van der Waals surface area contributed by atoms with Crippen LogP contribution in [-0.4, -0.2) is 11.0 Å². The Morgan fingerprint density at radius 1 is 1.33 bits per heavy atom. The molecule has 0 radical (unpaired) electrons. The van der Waals surface area contributed by atoms with Gasteiger partial charge in [0.05, 0.1) is 10.6 Å². The highest BCUT2D eigenvalue weighted by Gasteiger charge is 2.34. The van der Waals surface area contributed by atoms with Gasteiger partial charge in [-0.3, -0.25) is 4.98 Å². The first-order valence-electron chi connectivity index (χ1n) is 5.50. The summed E-state index contributed by atoms with van der Waals surface area (Å²) in [6.45, 7) is 0. The van der Waals surface area contributed by atoms with Gasteiger partial charge in [0.25, 0.3) is 0 Å². The van der Waals surface area contributed by atoms with Crippen molar-refractivity contribution in [3.8, 4) is 16.6 Å². The molecule has 5 heteroatoms. The van der Waals surface area contributed by atoms with E-state index >= 15 is 0 Å². The molecule has 2 heterocycles. The van der Waals surface area contributed by atoms with Crippen LogP contribution in [0, 0.1) is 11.3 Å². The summed E-state index contributed by atoms with van der Waals surface area (Å²) in [5.41, 5.74) is 7.95. The average Bonchev–Trinajstić information content (AvgIpc) is 2.92. The van der Waals surface area contributed by atoms with E-state index < -0.39 is 0 Å².